The van der Waals surface area contributed by atoms with E-state index in [1.54, 1.807) is 18.2 Å². The number of amides is 1. The van der Waals surface area contributed by atoms with Crippen molar-refractivity contribution in [2.45, 2.75) is 25.7 Å². The summed E-state index contributed by atoms with van der Waals surface area (Å²) in [5.74, 6) is 2.73. The van der Waals surface area contributed by atoms with E-state index in [1.165, 1.54) is 6.08 Å². The van der Waals surface area contributed by atoms with Crippen LogP contribution in [-0.2, 0) is 11.2 Å². The van der Waals surface area contributed by atoms with Crippen molar-refractivity contribution in [2.75, 3.05) is 6.54 Å². The fourth-order valence-corrected chi connectivity index (χ4v) is 1.69. The molecule has 1 aromatic rings. The van der Waals surface area contributed by atoms with E-state index in [-0.39, 0.29) is 11.7 Å². The average Bonchev–Trinajstić information content (AvgIpc) is 2.48. The lowest BCUT2D eigenvalue weighted by Crippen LogP contribution is -2.23. The number of phenols is 1. The quantitative estimate of drug-likeness (QED) is 0.333. The van der Waals surface area contributed by atoms with Gasteiger partial charge in [0.1, 0.15) is 5.75 Å². The third-order valence-corrected chi connectivity index (χ3v) is 2.84. The molecule has 21 heavy (non-hydrogen) atoms. The summed E-state index contributed by atoms with van der Waals surface area (Å²) in [7, 11) is 0. The number of carbonyl (C=O) groups excluding carboxylic acids is 1. The Labute approximate surface area is 126 Å². The Balaban J connectivity index is 2.16. The molecule has 0 aromatic heterocycles. The molecule has 0 aliphatic rings. The molecule has 3 nitrogen and oxygen atoms in total. The smallest absolute Gasteiger partial charge is 0.243 e. The normalized spacial score (nSPS) is 10.8. The molecule has 0 bridgehead atoms. The predicted octanol–water partition coefficient (Wildman–Crippen LogP) is 2.97. The second kappa shape index (κ2) is 10.3. The van der Waals surface area contributed by atoms with E-state index in [0.29, 0.717) is 6.54 Å². The molecule has 3 heteroatoms. The van der Waals surface area contributed by atoms with Gasteiger partial charge in [0.15, 0.2) is 0 Å². The summed E-state index contributed by atoms with van der Waals surface area (Å²) in [5.41, 5.74) is 1.07. The van der Waals surface area contributed by atoms with Gasteiger partial charge in [-0.2, -0.15) is 0 Å². The average molecular weight is 283 g/mol. The van der Waals surface area contributed by atoms with Gasteiger partial charge in [-0.3, -0.25) is 4.79 Å². The molecule has 0 aliphatic heterocycles. The number of phenolic OH excluding ortho intramolecular Hbond substituents is 1. The lowest BCUT2D eigenvalue weighted by atomic mass is 10.1. The van der Waals surface area contributed by atoms with Crippen LogP contribution in [0.15, 0.2) is 48.6 Å². The van der Waals surface area contributed by atoms with Crippen molar-refractivity contribution in [3.63, 3.8) is 0 Å². The molecule has 0 aliphatic carbocycles. The summed E-state index contributed by atoms with van der Waals surface area (Å²) in [4.78, 5) is 11.5. The number of aromatic hydroxyl groups is 1. The summed E-state index contributed by atoms with van der Waals surface area (Å²) in [6.45, 7) is 0.569. The monoisotopic (exact) mass is 283 g/mol. The van der Waals surface area contributed by atoms with E-state index >= 15 is 0 Å². The Bertz CT molecular complexity index is 521. The highest BCUT2D eigenvalue weighted by molar-refractivity contribution is 5.87. The van der Waals surface area contributed by atoms with Gasteiger partial charge in [-0.25, -0.2) is 0 Å². The highest BCUT2D eigenvalue weighted by Gasteiger charge is 1.96. The van der Waals surface area contributed by atoms with Crippen molar-refractivity contribution in [1.29, 1.82) is 0 Å². The van der Waals surface area contributed by atoms with E-state index in [0.717, 1.165) is 31.2 Å². The molecule has 0 saturated carbocycles. The van der Waals surface area contributed by atoms with Gasteiger partial charge < -0.3 is 10.4 Å². The Kier molecular flexibility index (Phi) is 8.16. The van der Waals surface area contributed by atoms with Crippen LogP contribution in [0.5, 0.6) is 5.75 Å². The summed E-state index contributed by atoms with van der Waals surface area (Å²) in [6, 6.07) is 6.97. The van der Waals surface area contributed by atoms with E-state index < -0.39 is 0 Å². The van der Waals surface area contributed by atoms with Crippen molar-refractivity contribution in [1.82, 2.24) is 5.32 Å². The van der Waals surface area contributed by atoms with E-state index in [4.69, 9.17) is 11.5 Å². The van der Waals surface area contributed by atoms with Crippen molar-refractivity contribution < 1.29 is 9.90 Å². The van der Waals surface area contributed by atoms with Crippen LogP contribution in [0.25, 0.3) is 0 Å². The lowest BCUT2D eigenvalue weighted by molar-refractivity contribution is -0.116. The van der Waals surface area contributed by atoms with Gasteiger partial charge in [-0.1, -0.05) is 30.4 Å². The van der Waals surface area contributed by atoms with Crippen LogP contribution in [-0.4, -0.2) is 17.6 Å². The van der Waals surface area contributed by atoms with Crippen LogP contribution in [0.4, 0.5) is 0 Å². The number of terminal acetylenes is 1. The van der Waals surface area contributed by atoms with Crippen molar-refractivity contribution in [3.8, 4) is 18.1 Å². The first-order valence-corrected chi connectivity index (χ1v) is 7.05. The van der Waals surface area contributed by atoms with Gasteiger partial charge in [-0.15, -0.1) is 12.3 Å². The van der Waals surface area contributed by atoms with Crippen molar-refractivity contribution in [2.24, 2.45) is 0 Å². The van der Waals surface area contributed by atoms with Crippen LogP contribution in [0.1, 0.15) is 24.8 Å². The fraction of sp³-hybridized carbons (Fsp3) is 0.278. The molecule has 0 heterocycles. The number of rotatable bonds is 8. The summed E-state index contributed by atoms with van der Waals surface area (Å²) < 4.78 is 0. The largest absolute Gasteiger partial charge is 0.508 e. The standard InChI is InChI=1S/C18H21NO2/c1-2-3-4-5-6-7-8-9-18(21)19-15-14-16-10-12-17(20)13-11-16/h1,6-13,20H,3-5,14-15H2,(H,19,21). The first-order chi connectivity index (χ1) is 10.2. The first kappa shape index (κ1) is 16.6. The maximum Gasteiger partial charge on any atom is 0.243 e. The predicted molar refractivity (Wildman–Crippen MR) is 85.8 cm³/mol. The van der Waals surface area contributed by atoms with Crippen LogP contribution in [0.3, 0.4) is 0 Å². The topological polar surface area (TPSA) is 49.3 Å². The Morgan fingerprint density at radius 3 is 2.76 bits per heavy atom. The first-order valence-electron chi connectivity index (χ1n) is 7.05. The molecular weight excluding hydrogens is 262 g/mol. The van der Waals surface area contributed by atoms with Gasteiger partial charge in [0.05, 0.1) is 0 Å². The molecule has 2 N–H and O–H groups in total. The van der Waals surface area contributed by atoms with Gasteiger partial charge in [0.2, 0.25) is 5.91 Å². The zero-order chi connectivity index (χ0) is 15.3. The molecule has 0 radical (unpaired) electrons. The highest BCUT2D eigenvalue weighted by Crippen LogP contribution is 2.09. The fourth-order valence-electron chi connectivity index (χ4n) is 1.69. The molecule has 1 amide bonds. The molecule has 0 atom stereocenters. The second-order valence-electron chi connectivity index (χ2n) is 4.59. The second-order valence-corrected chi connectivity index (χ2v) is 4.59. The molecule has 0 spiro atoms. The minimum Gasteiger partial charge on any atom is -0.508 e. The van der Waals surface area contributed by atoms with Gasteiger partial charge in [0, 0.05) is 19.0 Å². The molecule has 0 unspecified atom stereocenters. The number of unbranched alkanes of at least 4 members (excludes halogenated alkanes) is 2. The highest BCUT2D eigenvalue weighted by atomic mass is 16.3. The number of hydrogen-bond donors (Lipinski definition) is 2. The molecule has 0 fully saturated rings. The maximum atomic E-state index is 11.5. The summed E-state index contributed by atoms with van der Waals surface area (Å²) in [5, 5.41) is 12.0. The van der Waals surface area contributed by atoms with Crippen LogP contribution in [0, 0.1) is 12.3 Å². The van der Waals surface area contributed by atoms with Crippen LogP contribution < -0.4 is 5.32 Å². The molecule has 0 saturated heterocycles. The van der Waals surface area contributed by atoms with Crippen molar-refractivity contribution >= 4 is 5.91 Å². The number of carbonyl (C=O) groups is 1. The van der Waals surface area contributed by atoms with E-state index in [2.05, 4.69) is 11.2 Å². The minimum atomic E-state index is -0.109. The number of hydrogen-bond acceptors (Lipinski definition) is 2. The van der Waals surface area contributed by atoms with Crippen LogP contribution in [0.2, 0.25) is 0 Å². The molecular formula is C18H21NO2. The maximum absolute atomic E-state index is 11.5. The van der Waals surface area contributed by atoms with Gasteiger partial charge in [-0.05, 0) is 37.0 Å². The molecule has 110 valence electrons. The molecule has 1 aromatic carbocycles. The zero-order valence-corrected chi connectivity index (χ0v) is 12.1. The van der Waals surface area contributed by atoms with Gasteiger partial charge >= 0.3 is 0 Å². The zero-order valence-electron chi connectivity index (χ0n) is 12.1. The Morgan fingerprint density at radius 2 is 2.05 bits per heavy atom. The minimum absolute atomic E-state index is 0.109. The lowest BCUT2D eigenvalue weighted by Gasteiger charge is -2.02. The molecule has 1 rings (SSSR count). The van der Waals surface area contributed by atoms with E-state index in [1.807, 2.05) is 24.3 Å². The number of benzene rings is 1. The third kappa shape index (κ3) is 8.33. The Hall–Kier alpha value is -2.47. The summed E-state index contributed by atoms with van der Waals surface area (Å²) in [6.07, 6.45) is 15.7. The van der Waals surface area contributed by atoms with Crippen molar-refractivity contribution in [3.05, 3.63) is 54.1 Å². The summed E-state index contributed by atoms with van der Waals surface area (Å²) >= 11 is 0. The Morgan fingerprint density at radius 1 is 1.29 bits per heavy atom. The third-order valence-electron chi connectivity index (χ3n) is 2.84. The van der Waals surface area contributed by atoms with Gasteiger partial charge in [0.25, 0.3) is 0 Å². The SMILES string of the molecule is C#CCCCC=CC=CC(=O)NCCc1ccc(O)cc1. The van der Waals surface area contributed by atoms with E-state index in [9.17, 15) is 4.79 Å². The number of allylic oxidation sites excluding steroid dienone is 3. The van der Waals surface area contributed by atoms with Crippen LogP contribution >= 0.6 is 0 Å². The number of nitrogens with one attached hydrogen (secondary N) is 1.